The lowest BCUT2D eigenvalue weighted by Gasteiger charge is -2.12. The molecular formula is C22H22F2N2O3S. The molecule has 5 nitrogen and oxygen atoms in total. The number of hydrogen-bond acceptors (Lipinski definition) is 5. The molecule has 2 aromatic carbocycles. The maximum absolute atomic E-state index is 12.4. The van der Waals surface area contributed by atoms with Crippen molar-refractivity contribution in [3.05, 3.63) is 59.7 Å². The van der Waals surface area contributed by atoms with Gasteiger partial charge < -0.3 is 14.8 Å². The number of nitrogens with zero attached hydrogens (tertiary/aromatic N) is 1. The van der Waals surface area contributed by atoms with E-state index >= 15 is 0 Å². The number of methoxy groups -OCH3 is 1. The van der Waals surface area contributed by atoms with E-state index in [2.05, 4.69) is 15.0 Å². The van der Waals surface area contributed by atoms with Crippen LogP contribution < -0.4 is 14.8 Å². The first-order valence-corrected chi connectivity index (χ1v) is 10.3. The molecule has 1 aromatic heterocycles. The van der Waals surface area contributed by atoms with Crippen LogP contribution in [0.1, 0.15) is 11.1 Å². The SMILES string of the molecule is COc1cc(CCNC(=O)CSc2cc(C)c3ccccc3n2)ccc1OC(F)F. The van der Waals surface area contributed by atoms with Crippen LogP contribution in [0, 0.1) is 6.92 Å². The van der Waals surface area contributed by atoms with Crippen LogP contribution >= 0.6 is 11.8 Å². The Morgan fingerprint density at radius 1 is 1.17 bits per heavy atom. The lowest BCUT2D eigenvalue weighted by atomic mass is 10.1. The first-order chi connectivity index (χ1) is 14.5. The number of nitrogens with one attached hydrogen (secondary N) is 1. The van der Waals surface area contributed by atoms with Gasteiger partial charge in [-0.2, -0.15) is 8.78 Å². The zero-order chi connectivity index (χ0) is 21.5. The molecule has 0 unspecified atom stereocenters. The maximum Gasteiger partial charge on any atom is 0.387 e. The van der Waals surface area contributed by atoms with E-state index in [1.54, 1.807) is 12.1 Å². The predicted molar refractivity (Wildman–Crippen MR) is 114 cm³/mol. The molecule has 0 aliphatic heterocycles. The topological polar surface area (TPSA) is 60.5 Å². The molecule has 0 saturated carbocycles. The largest absolute Gasteiger partial charge is 0.493 e. The number of alkyl halides is 2. The van der Waals surface area contributed by atoms with Gasteiger partial charge in [-0.25, -0.2) is 4.98 Å². The third-order valence-corrected chi connectivity index (χ3v) is 5.34. The number of para-hydroxylation sites is 1. The van der Waals surface area contributed by atoms with Crippen LogP contribution in [0.5, 0.6) is 11.5 Å². The smallest absolute Gasteiger partial charge is 0.387 e. The standard InChI is InChI=1S/C22H22F2N2O3S/c1-14-11-21(26-17-6-4-3-5-16(14)17)30-13-20(27)25-10-9-15-7-8-18(29-22(23)24)19(12-15)28-2/h3-8,11-12,22H,9-10,13H2,1-2H3,(H,25,27). The molecular weight excluding hydrogens is 410 g/mol. The first kappa shape index (κ1) is 21.8. The normalized spacial score (nSPS) is 11.0. The number of thioether (sulfide) groups is 1. The van der Waals surface area contributed by atoms with E-state index in [0.717, 1.165) is 27.1 Å². The van der Waals surface area contributed by atoms with Crippen molar-refractivity contribution >= 4 is 28.6 Å². The number of ether oxygens (including phenoxy) is 2. The summed E-state index contributed by atoms with van der Waals surface area (Å²) in [5.74, 6) is 0.370. The summed E-state index contributed by atoms with van der Waals surface area (Å²) in [6.45, 7) is -0.468. The van der Waals surface area contributed by atoms with Gasteiger partial charge in [-0.05, 0) is 48.7 Å². The molecule has 8 heteroatoms. The quantitative estimate of drug-likeness (QED) is 0.501. The summed E-state index contributed by atoms with van der Waals surface area (Å²) in [5.41, 5.74) is 2.87. The number of aromatic nitrogens is 1. The van der Waals surface area contributed by atoms with E-state index in [1.807, 2.05) is 37.3 Å². The van der Waals surface area contributed by atoms with Gasteiger partial charge in [0.1, 0.15) is 0 Å². The van der Waals surface area contributed by atoms with Crippen LogP contribution in [0.2, 0.25) is 0 Å². The number of rotatable bonds is 9. The van der Waals surface area contributed by atoms with Crippen LogP contribution in [0.3, 0.4) is 0 Å². The van der Waals surface area contributed by atoms with Crippen molar-refractivity contribution in [2.75, 3.05) is 19.4 Å². The minimum absolute atomic E-state index is 0.0186. The highest BCUT2D eigenvalue weighted by molar-refractivity contribution is 7.99. The highest BCUT2D eigenvalue weighted by atomic mass is 32.2. The molecule has 1 amide bonds. The van der Waals surface area contributed by atoms with E-state index < -0.39 is 6.61 Å². The van der Waals surface area contributed by atoms with Crippen LogP contribution in [-0.4, -0.2) is 36.9 Å². The molecule has 0 spiro atoms. The third-order valence-electron chi connectivity index (χ3n) is 4.43. The Morgan fingerprint density at radius 2 is 1.97 bits per heavy atom. The molecule has 0 bridgehead atoms. The second kappa shape index (κ2) is 10.2. The second-order valence-electron chi connectivity index (χ2n) is 6.55. The van der Waals surface area contributed by atoms with Gasteiger partial charge in [0, 0.05) is 11.9 Å². The lowest BCUT2D eigenvalue weighted by molar-refractivity contribution is -0.118. The van der Waals surface area contributed by atoms with Crippen LogP contribution in [0.15, 0.2) is 53.6 Å². The Labute approximate surface area is 177 Å². The predicted octanol–water partition coefficient (Wildman–Crippen LogP) is 4.60. The van der Waals surface area contributed by atoms with E-state index in [-0.39, 0.29) is 23.2 Å². The zero-order valence-electron chi connectivity index (χ0n) is 16.7. The Bertz CT molecular complexity index is 1030. The van der Waals surface area contributed by atoms with Crippen molar-refractivity contribution in [1.29, 1.82) is 0 Å². The number of aryl methyl sites for hydroxylation is 1. The number of fused-ring (bicyclic) bond motifs is 1. The van der Waals surface area contributed by atoms with Gasteiger partial charge in [-0.1, -0.05) is 36.0 Å². The van der Waals surface area contributed by atoms with E-state index in [1.165, 1.54) is 24.9 Å². The van der Waals surface area contributed by atoms with Gasteiger partial charge in [0.25, 0.3) is 0 Å². The maximum atomic E-state index is 12.4. The number of pyridine rings is 1. The number of carbonyl (C=O) groups excluding carboxylic acids is 1. The van der Waals surface area contributed by atoms with Gasteiger partial charge >= 0.3 is 6.61 Å². The Hall–Kier alpha value is -2.87. The number of benzene rings is 2. The van der Waals surface area contributed by atoms with E-state index in [9.17, 15) is 13.6 Å². The molecule has 0 fully saturated rings. The molecule has 0 aliphatic carbocycles. The number of hydrogen-bond donors (Lipinski definition) is 1. The molecule has 0 aliphatic rings. The minimum atomic E-state index is -2.91. The first-order valence-electron chi connectivity index (χ1n) is 9.34. The van der Waals surface area contributed by atoms with Crippen LogP contribution in [0.4, 0.5) is 8.78 Å². The van der Waals surface area contributed by atoms with Crippen molar-refractivity contribution in [2.24, 2.45) is 0 Å². The summed E-state index contributed by atoms with van der Waals surface area (Å²) >= 11 is 1.39. The van der Waals surface area contributed by atoms with Crippen molar-refractivity contribution < 1.29 is 23.0 Å². The third kappa shape index (κ3) is 5.82. The molecule has 3 aromatic rings. The number of amides is 1. The fourth-order valence-corrected chi connectivity index (χ4v) is 3.79. The fourth-order valence-electron chi connectivity index (χ4n) is 2.99. The van der Waals surface area contributed by atoms with Crippen molar-refractivity contribution in [2.45, 2.75) is 25.0 Å². The summed E-state index contributed by atoms with van der Waals surface area (Å²) in [4.78, 5) is 16.8. The minimum Gasteiger partial charge on any atom is -0.493 e. The lowest BCUT2D eigenvalue weighted by Crippen LogP contribution is -2.27. The number of halogens is 2. The van der Waals surface area contributed by atoms with Crippen molar-refractivity contribution in [3.63, 3.8) is 0 Å². The Balaban J connectivity index is 1.49. The highest BCUT2D eigenvalue weighted by Crippen LogP contribution is 2.29. The van der Waals surface area contributed by atoms with Gasteiger partial charge in [0.05, 0.1) is 23.4 Å². The molecule has 0 saturated heterocycles. The number of carbonyl (C=O) groups is 1. The summed E-state index contributed by atoms with van der Waals surface area (Å²) in [7, 11) is 1.39. The Morgan fingerprint density at radius 3 is 2.73 bits per heavy atom. The molecule has 1 N–H and O–H groups in total. The van der Waals surface area contributed by atoms with Gasteiger partial charge in [-0.15, -0.1) is 0 Å². The van der Waals surface area contributed by atoms with Gasteiger partial charge in [-0.3, -0.25) is 4.79 Å². The van der Waals surface area contributed by atoms with Crippen LogP contribution in [0.25, 0.3) is 10.9 Å². The molecule has 0 radical (unpaired) electrons. The molecule has 0 atom stereocenters. The summed E-state index contributed by atoms with van der Waals surface area (Å²) < 4.78 is 34.3. The Kier molecular flexibility index (Phi) is 7.46. The van der Waals surface area contributed by atoms with Gasteiger partial charge in [0.15, 0.2) is 11.5 Å². The average Bonchev–Trinajstić information content (AvgIpc) is 2.73. The average molecular weight is 432 g/mol. The molecule has 1 heterocycles. The second-order valence-corrected chi connectivity index (χ2v) is 7.54. The summed E-state index contributed by atoms with van der Waals surface area (Å²) in [6, 6.07) is 14.6. The van der Waals surface area contributed by atoms with E-state index in [4.69, 9.17) is 4.74 Å². The van der Waals surface area contributed by atoms with Crippen LogP contribution in [-0.2, 0) is 11.2 Å². The van der Waals surface area contributed by atoms with Crippen molar-refractivity contribution in [3.8, 4) is 11.5 Å². The monoisotopic (exact) mass is 432 g/mol. The summed E-state index contributed by atoms with van der Waals surface area (Å²) in [6.07, 6.45) is 0.537. The van der Waals surface area contributed by atoms with Gasteiger partial charge in [0.2, 0.25) is 5.91 Å². The molecule has 158 valence electrons. The summed E-state index contributed by atoms with van der Waals surface area (Å²) in [5, 5.41) is 4.77. The van der Waals surface area contributed by atoms with E-state index in [0.29, 0.717) is 13.0 Å². The molecule has 30 heavy (non-hydrogen) atoms. The highest BCUT2D eigenvalue weighted by Gasteiger charge is 2.11. The van der Waals surface area contributed by atoms with Crippen molar-refractivity contribution in [1.82, 2.24) is 10.3 Å². The molecule has 3 rings (SSSR count). The fraction of sp³-hybridized carbons (Fsp3) is 0.273. The zero-order valence-corrected chi connectivity index (χ0v) is 17.5.